The molecule has 0 radical (unpaired) electrons. The summed E-state index contributed by atoms with van der Waals surface area (Å²) in [6.45, 7) is 3.34. The Balaban J connectivity index is 2.28. The van der Waals surface area contributed by atoms with Crippen LogP contribution < -0.4 is 16.6 Å². The van der Waals surface area contributed by atoms with Crippen molar-refractivity contribution in [3.63, 3.8) is 0 Å². The Morgan fingerprint density at radius 3 is 2.78 bits per heavy atom. The van der Waals surface area contributed by atoms with Crippen LogP contribution in [0.5, 0.6) is 0 Å². The van der Waals surface area contributed by atoms with Crippen LogP contribution in [0.15, 0.2) is 23.0 Å². The lowest BCUT2D eigenvalue weighted by Gasteiger charge is -2.30. The smallest absolute Gasteiger partial charge is 0.262 e. The zero-order chi connectivity index (χ0) is 16.8. The summed E-state index contributed by atoms with van der Waals surface area (Å²) in [5.41, 5.74) is 5.27. The van der Waals surface area contributed by atoms with E-state index < -0.39 is 11.4 Å². The molecule has 1 unspecified atom stereocenters. The predicted molar refractivity (Wildman–Crippen MR) is 85.8 cm³/mol. The normalized spacial score (nSPS) is 22.0. The molecule has 2 heterocycles. The molecule has 0 spiro atoms. The Kier molecular flexibility index (Phi) is 3.43. The van der Waals surface area contributed by atoms with E-state index in [0.29, 0.717) is 35.3 Å². The van der Waals surface area contributed by atoms with Crippen LogP contribution >= 0.6 is 0 Å². The van der Waals surface area contributed by atoms with Crippen molar-refractivity contribution < 1.29 is 9.59 Å². The van der Waals surface area contributed by atoms with Crippen LogP contribution in [0.3, 0.4) is 0 Å². The number of nitrogen functional groups attached to an aromatic ring is 1. The molecule has 2 aromatic rings. The number of carbonyl (C=O) groups is 2. The van der Waals surface area contributed by atoms with E-state index in [-0.39, 0.29) is 17.9 Å². The summed E-state index contributed by atoms with van der Waals surface area (Å²) in [6.07, 6.45) is 1.18. The van der Waals surface area contributed by atoms with Gasteiger partial charge in [-0.15, -0.1) is 0 Å². The molecule has 1 aliphatic rings. The molecule has 23 heavy (non-hydrogen) atoms. The van der Waals surface area contributed by atoms with Gasteiger partial charge in [0.15, 0.2) is 0 Å². The zero-order valence-electron chi connectivity index (χ0n) is 13.0. The fraction of sp³-hybridized carbons (Fsp3) is 0.375. The number of amides is 2. The average Bonchev–Trinajstić information content (AvgIpc) is 2.59. The van der Waals surface area contributed by atoms with Crippen LogP contribution in [0.25, 0.3) is 10.9 Å². The molecule has 3 N–H and O–H groups in total. The van der Waals surface area contributed by atoms with Crippen molar-refractivity contribution >= 4 is 28.4 Å². The van der Waals surface area contributed by atoms with Crippen LogP contribution in [-0.2, 0) is 15.1 Å². The molecular formula is C16H18N4O3. The number of nitrogens with two attached hydrogens (primary N) is 1. The van der Waals surface area contributed by atoms with Crippen molar-refractivity contribution in [2.75, 3.05) is 5.73 Å². The molecule has 1 saturated heterocycles. The Bertz CT molecular complexity index is 887. The van der Waals surface area contributed by atoms with Crippen LogP contribution in [0.2, 0.25) is 0 Å². The highest BCUT2D eigenvalue weighted by atomic mass is 16.2. The van der Waals surface area contributed by atoms with Crippen LogP contribution in [0.4, 0.5) is 5.69 Å². The summed E-state index contributed by atoms with van der Waals surface area (Å²) >= 11 is 0. The number of carbonyl (C=O) groups excluding carboxylic acids is 2. The molecule has 0 saturated carbocycles. The number of aryl methyl sites for hydroxylation is 1. The maximum Gasteiger partial charge on any atom is 0.262 e. The van der Waals surface area contributed by atoms with E-state index in [4.69, 9.17) is 5.73 Å². The molecule has 0 aliphatic carbocycles. The van der Waals surface area contributed by atoms with Crippen molar-refractivity contribution in [1.29, 1.82) is 0 Å². The summed E-state index contributed by atoms with van der Waals surface area (Å²) in [7, 11) is 0. The van der Waals surface area contributed by atoms with Gasteiger partial charge in [-0.1, -0.05) is 0 Å². The SMILES string of the molecule is Cc1nc2ccc(N)cc2c(=O)n1C1(C)CCCC(=O)NC1=O. The summed E-state index contributed by atoms with van der Waals surface area (Å²) in [5, 5.41) is 2.72. The Labute approximate surface area is 132 Å². The second kappa shape index (κ2) is 5.19. The summed E-state index contributed by atoms with van der Waals surface area (Å²) in [5.74, 6) is -0.364. The third kappa shape index (κ3) is 2.38. The number of rotatable bonds is 1. The summed E-state index contributed by atoms with van der Waals surface area (Å²) in [6, 6.07) is 4.92. The molecule has 120 valence electrons. The van der Waals surface area contributed by atoms with Gasteiger partial charge < -0.3 is 5.73 Å². The van der Waals surface area contributed by atoms with Crippen LogP contribution in [0.1, 0.15) is 32.0 Å². The minimum absolute atomic E-state index is 0.267. The summed E-state index contributed by atoms with van der Waals surface area (Å²) in [4.78, 5) is 41.5. The molecule has 1 aliphatic heterocycles. The van der Waals surface area contributed by atoms with Crippen LogP contribution in [-0.4, -0.2) is 21.4 Å². The van der Waals surface area contributed by atoms with Crippen molar-refractivity contribution in [3.8, 4) is 0 Å². The number of nitrogens with one attached hydrogen (secondary N) is 1. The molecule has 3 rings (SSSR count). The number of fused-ring (bicyclic) bond motifs is 1. The van der Waals surface area contributed by atoms with Crippen molar-refractivity contribution in [1.82, 2.24) is 14.9 Å². The highest BCUT2D eigenvalue weighted by molar-refractivity contribution is 5.99. The average molecular weight is 314 g/mol. The molecular weight excluding hydrogens is 296 g/mol. The van der Waals surface area contributed by atoms with Gasteiger partial charge in [0.2, 0.25) is 5.91 Å². The number of imide groups is 1. The van der Waals surface area contributed by atoms with E-state index in [1.807, 2.05) is 0 Å². The number of aromatic nitrogens is 2. The molecule has 1 aromatic carbocycles. The lowest BCUT2D eigenvalue weighted by molar-refractivity contribution is -0.134. The predicted octanol–water partition coefficient (Wildman–Crippen LogP) is 0.829. The number of hydrogen-bond acceptors (Lipinski definition) is 5. The molecule has 2 amide bonds. The molecule has 7 heteroatoms. The largest absolute Gasteiger partial charge is 0.399 e. The highest BCUT2D eigenvalue weighted by Gasteiger charge is 2.40. The number of anilines is 1. The topological polar surface area (TPSA) is 107 Å². The maximum absolute atomic E-state index is 12.9. The quantitative estimate of drug-likeness (QED) is 0.599. The van der Waals surface area contributed by atoms with Gasteiger partial charge >= 0.3 is 0 Å². The van der Waals surface area contributed by atoms with Crippen molar-refractivity contribution in [3.05, 3.63) is 34.4 Å². The molecule has 1 fully saturated rings. The number of benzene rings is 1. The Morgan fingerprint density at radius 1 is 1.30 bits per heavy atom. The summed E-state index contributed by atoms with van der Waals surface area (Å²) < 4.78 is 1.38. The Morgan fingerprint density at radius 2 is 2.04 bits per heavy atom. The van der Waals surface area contributed by atoms with E-state index in [0.717, 1.165) is 0 Å². The molecule has 7 nitrogen and oxygen atoms in total. The van der Waals surface area contributed by atoms with Gasteiger partial charge in [0, 0.05) is 12.1 Å². The van der Waals surface area contributed by atoms with Crippen LogP contribution in [0, 0.1) is 6.92 Å². The Hall–Kier alpha value is -2.70. The van der Waals surface area contributed by atoms with Gasteiger partial charge in [-0.25, -0.2) is 4.98 Å². The first-order valence-corrected chi connectivity index (χ1v) is 7.46. The van der Waals surface area contributed by atoms with Gasteiger partial charge in [-0.05, 0) is 44.9 Å². The first-order valence-electron chi connectivity index (χ1n) is 7.46. The van der Waals surface area contributed by atoms with E-state index in [2.05, 4.69) is 10.3 Å². The third-order valence-electron chi connectivity index (χ3n) is 4.36. The van der Waals surface area contributed by atoms with Gasteiger partial charge in [-0.2, -0.15) is 0 Å². The van der Waals surface area contributed by atoms with Gasteiger partial charge in [0.25, 0.3) is 11.5 Å². The minimum atomic E-state index is -1.15. The van der Waals surface area contributed by atoms with E-state index >= 15 is 0 Å². The van der Waals surface area contributed by atoms with Crippen molar-refractivity contribution in [2.24, 2.45) is 0 Å². The molecule has 1 aromatic heterocycles. The number of nitrogens with zero attached hydrogens (tertiary/aromatic N) is 2. The van der Waals surface area contributed by atoms with E-state index in [9.17, 15) is 14.4 Å². The van der Waals surface area contributed by atoms with Gasteiger partial charge in [-0.3, -0.25) is 24.3 Å². The number of hydrogen-bond donors (Lipinski definition) is 2. The molecule has 0 bridgehead atoms. The zero-order valence-corrected chi connectivity index (χ0v) is 13.0. The second-order valence-corrected chi connectivity index (χ2v) is 6.08. The first-order chi connectivity index (χ1) is 10.8. The first kappa shape index (κ1) is 15.2. The lowest BCUT2D eigenvalue weighted by Crippen LogP contribution is -2.51. The van der Waals surface area contributed by atoms with Gasteiger partial charge in [0.05, 0.1) is 10.9 Å². The van der Waals surface area contributed by atoms with E-state index in [1.54, 1.807) is 32.0 Å². The minimum Gasteiger partial charge on any atom is -0.399 e. The standard InChI is InChI=1S/C16H18N4O3/c1-9-18-12-6-5-10(17)8-11(12)14(22)20(9)16(2)7-3-4-13(21)19-15(16)23/h5-6,8H,3-4,7,17H2,1-2H3,(H,19,21,23). The fourth-order valence-electron chi connectivity index (χ4n) is 3.14. The second-order valence-electron chi connectivity index (χ2n) is 6.08. The monoisotopic (exact) mass is 314 g/mol. The third-order valence-corrected chi connectivity index (χ3v) is 4.36. The fourth-order valence-corrected chi connectivity index (χ4v) is 3.14. The van der Waals surface area contributed by atoms with Gasteiger partial charge in [0.1, 0.15) is 11.4 Å². The lowest BCUT2D eigenvalue weighted by atomic mass is 9.94. The van der Waals surface area contributed by atoms with E-state index in [1.165, 1.54) is 4.57 Å². The maximum atomic E-state index is 12.9. The highest BCUT2D eigenvalue weighted by Crippen LogP contribution is 2.27. The van der Waals surface area contributed by atoms with Crippen molar-refractivity contribution in [2.45, 2.75) is 38.6 Å². The molecule has 1 atom stereocenters.